The van der Waals surface area contributed by atoms with Crippen LogP contribution in [0.3, 0.4) is 0 Å². The molecule has 1 amide bonds. The Morgan fingerprint density at radius 2 is 2.08 bits per heavy atom. The Bertz CT molecular complexity index is 904. The van der Waals surface area contributed by atoms with Gasteiger partial charge in [0.1, 0.15) is 5.69 Å². The number of rotatable bonds is 3. The Morgan fingerprint density at radius 1 is 1.12 bits per heavy atom. The highest BCUT2D eigenvalue weighted by Gasteiger charge is 1.99. The van der Waals surface area contributed by atoms with Crippen LogP contribution in [0.25, 0.3) is 6.08 Å². The maximum atomic E-state index is 12.0. The van der Waals surface area contributed by atoms with Crippen LogP contribution in [-0.2, 0) is 4.79 Å². The number of aromatic nitrogens is 1. The highest BCUT2D eigenvalue weighted by Crippen LogP contribution is 2.11. The number of amides is 1. The van der Waals surface area contributed by atoms with Gasteiger partial charge >= 0.3 is 0 Å². The van der Waals surface area contributed by atoms with Crippen LogP contribution in [0.5, 0.6) is 0 Å². The average molecular weight is 330 g/mol. The fourth-order valence-electron chi connectivity index (χ4n) is 1.97. The molecule has 0 fully saturated rings. The molecule has 24 heavy (non-hydrogen) atoms. The average Bonchev–Trinajstić information content (AvgIpc) is 3.13. The first-order chi connectivity index (χ1) is 11.8. The van der Waals surface area contributed by atoms with Gasteiger partial charge in [0, 0.05) is 23.5 Å². The zero-order chi connectivity index (χ0) is 16.6. The van der Waals surface area contributed by atoms with Gasteiger partial charge in [-0.05, 0) is 64.7 Å². The predicted molar refractivity (Wildman–Crippen MR) is 98.6 cm³/mol. The lowest BCUT2D eigenvalue weighted by Crippen LogP contribution is -2.07. The molecule has 0 saturated heterocycles. The molecule has 3 nitrogen and oxygen atoms in total. The number of benzene rings is 1. The summed E-state index contributed by atoms with van der Waals surface area (Å²) < 4.78 is 0. The van der Waals surface area contributed by atoms with Gasteiger partial charge in [-0.15, -0.1) is 0 Å². The highest BCUT2D eigenvalue weighted by atomic mass is 32.1. The Kier molecular flexibility index (Phi) is 5.18. The summed E-state index contributed by atoms with van der Waals surface area (Å²) >= 11 is 1.60. The van der Waals surface area contributed by atoms with Gasteiger partial charge in [-0.3, -0.25) is 4.79 Å². The smallest absolute Gasteiger partial charge is 0.248 e. The van der Waals surface area contributed by atoms with Crippen molar-refractivity contribution in [2.24, 2.45) is 0 Å². The summed E-state index contributed by atoms with van der Waals surface area (Å²) in [6.45, 7) is 0. The fraction of sp³-hybridized carbons (Fsp3) is 0. The van der Waals surface area contributed by atoms with E-state index in [4.69, 9.17) is 0 Å². The van der Waals surface area contributed by atoms with Crippen LogP contribution < -0.4 is 5.32 Å². The van der Waals surface area contributed by atoms with Crippen molar-refractivity contribution in [2.75, 3.05) is 5.32 Å². The molecule has 0 aliphatic heterocycles. The minimum Gasteiger partial charge on any atom is -0.322 e. The van der Waals surface area contributed by atoms with E-state index in [9.17, 15) is 4.79 Å². The number of hydrogen-bond acceptors (Lipinski definition) is 3. The van der Waals surface area contributed by atoms with Gasteiger partial charge in [-0.2, -0.15) is 11.3 Å². The standard InChI is InChI=1S/C20H14N2OS/c23-20(10-8-17-11-13-24-15-17)22-19-6-3-4-16(14-19)7-9-18-5-1-2-12-21-18/h1-6,8,10-15H,(H,22,23)/b10-8-. The van der Waals surface area contributed by atoms with E-state index in [1.165, 1.54) is 6.08 Å². The molecular formula is C20H14N2OS. The van der Waals surface area contributed by atoms with Crippen molar-refractivity contribution in [3.05, 3.63) is 88.4 Å². The van der Waals surface area contributed by atoms with Gasteiger partial charge in [0.05, 0.1) is 0 Å². The second-order valence-corrected chi connectivity index (χ2v) is 5.71. The lowest BCUT2D eigenvalue weighted by atomic mass is 10.2. The lowest BCUT2D eigenvalue weighted by Gasteiger charge is -2.02. The van der Waals surface area contributed by atoms with Crippen LogP contribution in [0.15, 0.2) is 71.6 Å². The summed E-state index contributed by atoms with van der Waals surface area (Å²) in [7, 11) is 0. The summed E-state index contributed by atoms with van der Waals surface area (Å²) in [5.41, 5.74) is 3.26. The highest BCUT2D eigenvalue weighted by molar-refractivity contribution is 7.08. The Balaban J connectivity index is 1.67. The van der Waals surface area contributed by atoms with Crippen molar-refractivity contribution >= 4 is 29.0 Å². The van der Waals surface area contributed by atoms with Gasteiger partial charge in [0.15, 0.2) is 0 Å². The second kappa shape index (κ2) is 7.91. The second-order valence-electron chi connectivity index (χ2n) is 4.93. The Labute approximate surface area is 144 Å². The molecule has 4 heteroatoms. The van der Waals surface area contributed by atoms with Gasteiger partial charge in [-0.1, -0.05) is 18.1 Å². The number of thiophene rings is 1. The summed E-state index contributed by atoms with van der Waals surface area (Å²) in [6, 6.07) is 15.0. The first kappa shape index (κ1) is 15.7. The number of carbonyl (C=O) groups is 1. The SMILES string of the molecule is O=C(/C=C\c1ccsc1)Nc1cccc(C#Cc2ccccn2)c1. The van der Waals surface area contributed by atoms with Crippen molar-refractivity contribution in [3.8, 4) is 11.8 Å². The topological polar surface area (TPSA) is 42.0 Å². The number of carbonyl (C=O) groups excluding carboxylic acids is 1. The van der Waals surface area contributed by atoms with Gasteiger partial charge in [-0.25, -0.2) is 4.98 Å². The van der Waals surface area contributed by atoms with Crippen molar-refractivity contribution in [1.29, 1.82) is 0 Å². The molecule has 0 spiro atoms. The van der Waals surface area contributed by atoms with Crippen molar-refractivity contribution in [2.45, 2.75) is 0 Å². The van der Waals surface area contributed by atoms with E-state index >= 15 is 0 Å². The molecule has 1 N–H and O–H groups in total. The molecule has 0 radical (unpaired) electrons. The summed E-state index contributed by atoms with van der Waals surface area (Å²) in [4.78, 5) is 16.1. The van der Waals surface area contributed by atoms with E-state index in [-0.39, 0.29) is 5.91 Å². The van der Waals surface area contributed by atoms with Crippen LogP contribution >= 0.6 is 11.3 Å². The molecule has 0 aliphatic carbocycles. The predicted octanol–water partition coefficient (Wildman–Crippen LogP) is 4.19. The van der Waals surface area contributed by atoms with Crippen molar-refractivity contribution in [3.63, 3.8) is 0 Å². The third-order valence-corrected chi connectivity index (χ3v) is 3.80. The van der Waals surface area contributed by atoms with E-state index in [2.05, 4.69) is 22.1 Å². The molecule has 2 aromatic heterocycles. The minimum atomic E-state index is -0.170. The summed E-state index contributed by atoms with van der Waals surface area (Å²) in [5, 5.41) is 6.79. The monoisotopic (exact) mass is 330 g/mol. The molecule has 0 saturated carbocycles. The summed E-state index contributed by atoms with van der Waals surface area (Å²) in [6.07, 6.45) is 5.02. The molecular weight excluding hydrogens is 316 g/mol. The third kappa shape index (κ3) is 4.67. The molecule has 0 atom stereocenters. The molecule has 3 aromatic rings. The van der Waals surface area contributed by atoms with Crippen LogP contribution in [0, 0.1) is 11.8 Å². The van der Waals surface area contributed by atoms with Gasteiger partial charge in [0.2, 0.25) is 5.91 Å². The molecule has 116 valence electrons. The van der Waals surface area contributed by atoms with E-state index in [0.29, 0.717) is 11.4 Å². The fourth-order valence-corrected chi connectivity index (χ4v) is 2.60. The van der Waals surface area contributed by atoms with E-state index < -0.39 is 0 Å². The normalized spacial score (nSPS) is 10.2. The summed E-state index contributed by atoms with van der Waals surface area (Å²) in [5.74, 6) is 5.88. The largest absolute Gasteiger partial charge is 0.322 e. The van der Waals surface area contributed by atoms with Crippen LogP contribution in [0.2, 0.25) is 0 Å². The zero-order valence-electron chi connectivity index (χ0n) is 12.8. The molecule has 2 heterocycles. The van der Waals surface area contributed by atoms with Gasteiger partial charge in [0.25, 0.3) is 0 Å². The maximum Gasteiger partial charge on any atom is 0.248 e. The zero-order valence-corrected chi connectivity index (χ0v) is 13.6. The maximum absolute atomic E-state index is 12.0. The number of pyridine rings is 1. The molecule has 1 aromatic carbocycles. The molecule has 0 unspecified atom stereocenters. The molecule has 0 bridgehead atoms. The lowest BCUT2D eigenvalue weighted by molar-refractivity contribution is -0.111. The number of anilines is 1. The molecule has 0 aliphatic rings. The quantitative estimate of drug-likeness (QED) is 0.578. The van der Waals surface area contributed by atoms with Crippen molar-refractivity contribution < 1.29 is 4.79 Å². The van der Waals surface area contributed by atoms with E-state index in [1.807, 2.05) is 59.3 Å². The number of nitrogens with one attached hydrogen (secondary N) is 1. The van der Waals surface area contributed by atoms with Crippen LogP contribution in [-0.4, -0.2) is 10.9 Å². The minimum absolute atomic E-state index is 0.170. The third-order valence-electron chi connectivity index (χ3n) is 3.10. The number of hydrogen-bond donors (Lipinski definition) is 1. The van der Waals surface area contributed by atoms with Crippen LogP contribution in [0.4, 0.5) is 5.69 Å². The van der Waals surface area contributed by atoms with E-state index in [1.54, 1.807) is 23.6 Å². The first-order valence-corrected chi connectivity index (χ1v) is 8.28. The van der Waals surface area contributed by atoms with Gasteiger partial charge < -0.3 is 5.32 Å². The first-order valence-electron chi connectivity index (χ1n) is 7.34. The Morgan fingerprint density at radius 3 is 2.88 bits per heavy atom. The molecule has 3 rings (SSSR count). The van der Waals surface area contributed by atoms with E-state index in [0.717, 1.165) is 11.1 Å². The van der Waals surface area contributed by atoms with Crippen LogP contribution in [0.1, 0.15) is 16.8 Å². The number of nitrogens with zero attached hydrogens (tertiary/aromatic N) is 1. The van der Waals surface area contributed by atoms with Crippen molar-refractivity contribution in [1.82, 2.24) is 4.98 Å². The Hall–Kier alpha value is -3.16.